The molecule has 0 spiro atoms. The smallest absolute Gasteiger partial charge is 0.254 e. The predicted molar refractivity (Wildman–Crippen MR) is 104 cm³/mol. The molecule has 26 heavy (non-hydrogen) atoms. The molecule has 5 nitrogen and oxygen atoms in total. The van der Waals surface area contributed by atoms with Gasteiger partial charge in [-0.05, 0) is 30.2 Å². The van der Waals surface area contributed by atoms with Crippen LogP contribution in [0.3, 0.4) is 0 Å². The third-order valence-electron chi connectivity index (χ3n) is 4.63. The van der Waals surface area contributed by atoms with Gasteiger partial charge in [0.15, 0.2) is 0 Å². The fourth-order valence-electron chi connectivity index (χ4n) is 3.16. The SMILES string of the molecule is CCCOc1ccc(C(=O)N2CCN(Cc3ccccc3)CC2)cc1N. The summed E-state index contributed by atoms with van der Waals surface area (Å²) in [6, 6.07) is 15.8. The van der Waals surface area contributed by atoms with Gasteiger partial charge in [0, 0.05) is 38.3 Å². The van der Waals surface area contributed by atoms with E-state index in [1.54, 1.807) is 18.2 Å². The van der Waals surface area contributed by atoms with E-state index in [4.69, 9.17) is 10.5 Å². The second kappa shape index (κ2) is 8.72. The highest BCUT2D eigenvalue weighted by Crippen LogP contribution is 2.24. The molecular weight excluding hydrogens is 326 g/mol. The lowest BCUT2D eigenvalue weighted by Crippen LogP contribution is -2.48. The fraction of sp³-hybridized carbons (Fsp3) is 0.381. The van der Waals surface area contributed by atoms with Gasteiger partial charge in [0.05, 0.1) is 12.3 Å². The van der Waals surface area contributed by atoms with Crippen LogP contribution in [0.15, 0.2) is 48.5 Å². The summed E-state index contributed by atoms with van der Waals surface area (Å²) in [5.74, 6) is 0.689. The lowest BCUT2D eigenvalue weighted by Gasteiger charge is -2.34. The number of nitrogen functional groups attached to an aromatic ring is 1. The van der Waals surface area contributed by atoms with Gasteiger partial charge >= 0.3 is 0 Å². The van der Waals surface area contributed by atoms with E-state index < -0.39 is 0 Å². The van der Waals surface area contributed by atoms with Crippen LogP contribution in [0.25, 0.3) is 0 Å². The number of carbonyl (C=O) groups is 1. The summed E-state index contributed by atoms with van der Waals surface area (Å²) in [5, 5.41) is 0. The molecule has 1 fully saturated rings. The van der Waals surface area contributed by atoms with Crippen LogP contribution in [0.2, 0.25) is 0 Å². The third kappa shape index (κ3) is 4.55. The van der Waals surface area contributed by atoms with Crippen LogP contribution in [0, 0.1) is 0 Å². The molecule has 138 valence electrons. The molecule has 1 aliphatic heterocycles. The summed E-state index contributed by atoms with van der Waals surface area (Å²) in [4.78, 5) is 17.0. The van der Waals surface area contributed by atoms with E-state index in [-0.39, 0.29) is 5.91 Å². The maximum Gasteiger partial charge on any atom is 0.254 e. The second-order valence-electron chi connectivity index (χ2n) is 6.66. The van der Waals surface area contributed by atoms with Crippen molar-refractivity contribution in [2.45, 2.75) is 19.9 Å². The quantitative estimate of drug-likeness (QED) is 0.811. The zero-order valence-electron chi connectivity index (χ0n) is 15.4. The topological polar surface area (TPSA) is 58.8 Å². The average molecular weight is 353 g/mol. The number of carbonyl (C=O) groups excluding carboxylic acids is 1. The Labute approximate surface area is 155 Å². The van der Waals surface area contributed by atoms with E-state index in [2.05, 4.69) is 29.2 Å². The molecule has 0 bridgehead atoms. The third-order valence-corrected chi connectivity index (χ3v) is 4.63. The van der Waals surface area contributed by atoms with E-state index in [9.17, 15) is 4.79 Å². The first kappa shape index (κ1) is 18.3. The molecule has 1 aliphatic rings. The summed E-state index contributed by atoms with van der Waals surface area (Å²) in [6.45, 7) is 6.84. The molecule has 0 unspecified atom stereocenters. The Hall–Kier alpha value is -2.53. The molecule has 1 amide bonds. The molecular formula is C21H27N3O2. The molecule has 5 heteroatoms. The van der Waals surface area contributed by atoms with Crippen LogP contribution in [-0.2, 0) is 6.54 Å². The van der Waals surface area contributed by atoms with Gasteiger partial charge in [-0.3, -0.25) is 9.69 Å². The molecule has 2 aromatic rings. The van der Waals surface area contributed by atoms with Crippen LogP contribution in [0.4, 0.5) is 5.69 Å². The molecule has 1 saturated heterocycles. The maximum absolute atomic E-state index is 12.8. The van der Waals surface area contributed by atoms with Gasteiger partial charge in [-0.1, -0.05) is 37.3 Å². The summed E-state index contributed by atoms with van der Waals surface area (Å²) >= 11 is 0. The second-order valence-corrected chi connectivity index (χ2v) is 6.66. The maximum atomic E-state index is 12.8. The lowest BCUT2D eigenvalue weighted by molar-refractivity contribution is 0.0628. The zero-order valence-corrected chi connectivity index (χ0v) is 15.4. The van der Waals surface area contributed by atoms with Gasteiger partial charge in [0.1, 0.15) is 5.75 Å². The number of nitrogens with two attached hydrogens (primary N) is 1. The Bertz CT molecular complexity index is 725. The van der Waals surface area contributed by atoms with Crippen LogP contribution >= 0.6 is 0 Å². The monoisotopic (exact) mass is 353 g/mol. The van der Waals surface area contributed by atoms with Crippen molar-refractivity contribution in [3.8, 4) is 5.75 Å². The van der Waals surface area contributed by atoms with E-state index in [1.807, 2.05) is 17.9 Å². The van der Waals surface area contributed by atoms with Crippen LogP contribution in [0.5, 0.6) is 5.75 Å². The van der Waals surface area contributed by atoms with Gasteiger partial charge in [0.25, 0.3) is 5.91 Å². The number of ether oxygens (including phenoxy) is 1. The Morgan fingerprint density at radius 1 is 1.08 bits per heavy atom. The van der Waals surface area contributed by atoms with Crippen molar-refractivity contribution in [2.75, 3.05) is 38.5 Å². The number of hydrogen-bond donors (Lipinski definition) is 1. The first-order valence-electron chi connectivity index (χ1n) is 9.25. The molecule has 2 aromatic carbocycles. The first-order chi connectivity index (χ1) is 12.7. The van der Waals surface area contributed by atoms with Gasteiger partial charge in [-0.25, -0.2) is 0 Å². The highest BCUT2D eigenvalue weighted by atomic mass is 16.5. The first-order valence-corrected chi connectivity index (χ1v) is 9.25. The molecule has 3 rings (SSSR count). The minimum Gasteiger partial charge on any atom is -0.491 e. The van der Waals surface area contributed by atoms with Crippen molar-refractivity contribution < 1.29 is 9.53 Å². The largest absolute Gasteiger partial charge is 0.491 e. The minimum absolute atomic E-state index is 0.0399. The molecule has 2 N–H and O–H groups in total. The Morgan fingerprint density at radius 3 is 2.46 bits per heavy atom. The van der Waals surface area contributed by atoms with E-state index >= 15 is 0 Å². The Morgan fingerprint density at radius 2 is 1.81 bits per heavy atom. The summed E-state index contributed by atoms with van der Waals surface area (Å²) in [6.07, 6.45) is 0.924. The molecule has 0 aliphatic carbocycles. The number of nitrogens with zero attached hydrogens (tertiary/aromatic N) is 2. The minimum atomic E-state index is 0.0399. The lowest BCUT2D eigenvalue weighted by atomic mass is 10.1. The van der Waals surface area contributed by atoms with Crippen LogP contribution in [-0.4, -0.2) is 48.5 Å². The number of piperazine rings is 1. The fourth-order valence-corrected chi connectivity index (χ4v) is 3.16. The van der Waals surface area contributed by atoms with Crippen molar-refractivity contribution in [1.82, 2.24) is 9.80 Å². The van der Waals surface area contributed by atoms with Gasteiger partial charge in [-0.2, -0.15) is 0 Å². The molecule has 0 atom stereocenters. The number of anilines is 1. The highest BCUT2D eigenvalue weighted by molar-refractivity contribution is 5.95. The van der Waals surface area contributed by atoms with Gasteiger partial charge in [-0.15, -0.1) is 0 Å². The van der Waals surface area contributed by atoms with Gasteiger partial charge in [0.2, 0.25) is 0 Å². The Balaban J connectivity index is 1.55. The van der Waals surface area contributed by atoms with E-state index in [1.165, 1.54) is 5.56 Å². The van der Waals surface area contributed by atoms with E-state index in [0.717, 1.165) is 39.1 Å². The van der Waals surface area contributed by atoms with E-state index in [0.29, 0.717) is 23.6 Å². The standard InChI is InChI=1S/C21H27N3O2/c1-2-14-26-20-9-8-18(15-19(20)22)21(25)24-12-10-23(11-13-24)16-17-6-4-3-5-7-17/h3-9,15H,2,10-14,16,22H2,1H3. The van der Waals surface area contributed by atoms with Crippen molar-refractivity contribution in [1.29, 1.82) is 0 Å². The highest BCUT2D eigenvalue weighted by Gasteiger charge is 2.22. The number of benzene rings is 2. The van der Waals surface area contributed by atoms with Crippen LogP contribution in [0.1, 0.15) is 29.3 Å². The Kier molecular flexibility index (Phi) is 6.12. The van der Waals surface area contributed by atoms with Crippen molar-refractivity contribution in [3.63, 3.8) is 0 Å². The molecule has 0 saturated carbocycles. The number of amides is 1. The normalized spacial score (nSPS) is 15.0. The summed E-state index contributed by atoms with van der Waals surface area (Å²) < 4.78 is 5.58. The summed E-state index contributed by atoms with van der Waals surface area (Å²) in [5.41, 5.74) is 8.49. The van der Waals surface area contributed by atoms with Gasteiger partial charge < -0.3 is 15.4 Å². The number of rotatable bonds is 6. The molecule has 0 aromatic heterocycles. The molecule has 0 radical (unpaired) electrons. The molecule has 1 heterocycles. The van der Waals surface area contributed by atoms with Crippen molar-refractivity contribution >= 4 is 11.6 Å². The summed E-state index contributed by atoms with van der Waals surface area (Å²) in [7, 11) is 0. The number of hydrogen-bond acceptors (Lipinski definition) is 4. The van der Waals surface area contributed by atoms with Crippen LogP contribution < -0.4 is 10.5 Å². The zero-order chi connectivity index (χ0) is 18.4. The van der Waals surface area contributed by atoms with Crippen molar-refractivity contribution in [3.05, 3.63) is 59.7 Å². The predicted octanol–water partition coefficient (Wildman–Crippen LogP) is 3.02. The van der Waals surface area contributed by atoms with Crippen molar-refractivity contribution in [2.24, 2.45) is 0 Å². The average Bonchev–Trinajstić information content (AvgIpc) is 2.68.